The van der Waals surface area contributed by atoms with Crippen LogP contribution in [0.15, 0.2) is 53.4 Å². The third-order valence-electron chi connectivity index (χ3n) is 2.79. The maximum atomic E-state index is 5.99. The number of hydrogen-bond acceptors (Lipinski definition) is 3. The minimum absolute atomic E-state index is 0.593. The SMILES string of the molecule is NCCc1cc(Cl)ccc1OCCSc1ccccc1. The summed E-state index contributed by atoms with van der Waals surface area (Å²) < 4.78 is 5.83. The quantitative estimate of drug-likeness (QED) is 0.620. The van der Waals surface area contributed by atoms with Gasteiger partial charge in [-0.2, -0.15) is 0 Å². The predicted octanol–water partition coefficient (Wildman–Crippen LogP) is 4.01. The van der Waals surface area contributed by atoms with Crippen molar-refractivity contribution in [1.82, 2.24) is 0 Å². The van der Waals surface area contributed by atoms with Crippen LogP contribution in [-0.4, -0.2) is 18.9 Å². The summed E-state index contributed by atoms with van der Waals surface area (Å²) in [5, 5.41) is 0.722. The maximum absolute atomic E-state index is 5.99. The molecule has 0 atom stereocenters. The van der Waals surface area contributed by atoms with Crippen molar-refractivity contribution in [3.8, 4) is 5.75 Å². The summed E-state index contributed by atoms with van der Waals surface area (Å²) in [6, 6.07) is 16.0. The van der Waals surface area contributed by atoms with Crippen LogP contribution < -0.4 is 10.5 Å². The first-order valence-electron chi connectivity index (χ1n) is 6.59. The Hall–Kier alpha value is -1.16. The standard InChI is InChI=1S/C16H18ClNOS/c17-14-6-7-16(13(12-14)8-9-18)19-10-11-20-15-4-2-1-3-5-15/h1-7,12H,8-11,18H2. The number of thioether (sulfide) groups is 1. The highest BCUT2D eigenvalue weighted by Crippen LogP contribution is 2.24. The molecular formula is C16H18ClNOS. The predicted molar refractivity (Wildman–Crippen MR) is 86.9 cm³/mol. The average molecular weight is 308 g/mol. The Kier molecular flexibility index (Phi) is 6.25. The molecule has 0 aliphatic rings. The van der Waals surface area contributed by atoms with Gasteiger partial charge in [-0.3, -0.25) is 0 Å². The number of rotatable bonds is 7. The molecule has 0 heterocycles. The third kappa shape index (κ3) is 4.75. The molecule has 0 radical (unpaired) electrons. The Morgan fingerprint density at radius 2 is 1.90 bits per heavy atom. The van der Waals surface area contributed by atoms with Crippen LogP contribution in [-0.2, 0) is 6.42 Å². The summed E-state index contributed by atoms with van der Waals surface area (Å²) in [7, 11) is 0. The highest BCUT2D eigenvalue weighted by atomic mass is 35.5. The lowest BCUT2D eigenvalue weighted by Crippen LogP contribution is -2.07. The maximum Gasteiger partial charge on any atom is 0.122 e. The molecule has 106 valence electrons. The summed E-state index contributed by atoms with van der Waals surface area (Å²) in [5.74, 6) is 1.79. The molecule has 2 aromatic carbocycles. The molecule has 4 heteroatoms. The molecule has 0 aliphatic carbocycles. The van der Waals surface area contributed by atoms with E-state index in [1.165, 1.54) is 4.90 Å². The van der Waals surface area contributed by atoms with Crippen molar-refractivity contribution in [2.24, 2.45) is 5.73 Å². The van der Waals surface area contributed by atoms with E-state index in [0.717, 1.165) is 28.5 Å². The summed E-state index contributed by atoms with van der Waals surface area (Å²) in [4.78, 5) is 1.26. The van der Waals surface area contributed by atoms with Gasteiger partial charge in [0.15, 0.2) is 0 Å². The fourth-order valence-corrected chi connectivity index (χ4v) is 2.81. The molecule has 0 unspecified atom stereocenters. The van der Waals surface area contributed by atoms with Crippen LogP contribution in [0.25, 0.3) is 0 Å². The number of benzene rings is 2. The van der Waals surface area contributed by atoms with Crippen molar-refractivity contribution in [2.45, 2.75) is 11.3 Å². The molecule has 0 saturated heterocycles. The summed E-state index contributed by atoms with van der Waals surface area (Å²) >= 11 is 7.78. The molecule has 2 N–H and O–H groups in total. The molecule has 0 aromatic heterocycles. The molecule has 0 spiro atoms. The third-order valence-corrected chi connectivity index (χ3v) is 4.00. The van der Waals surface area contributed by atoms with Gasteiger partial charge in [0, 0.05) is 15.7 Å². The lowest BCUT2D eigenvalue weighted by molar-refractivity contribution is 0.340. The van der Waals surface area contributed by atoms with Crippen molar-refractivity contribution in [1.29, 1.82) is 0 Å². The van der Waals surface area contributed by atoms with Crippen molar-refractivity contribution in [2.75, 3.05) is 18.9 Å². The minimum atomic E-state index is 0.593. The Labute approximate surface area is 129 Å². The highest BCUT2D eigenvalue weighted by molar-refractivity contribution is 7.99. The fourth-order valence-electron chi connectivity index (χ4n) is 1.87. The van der Waals surface area contributed by atoms with Crippen molar-refractivity contribution >= 4 is 23.4 Å². The lowest BCUT2D eigenvalue weighted by atomic mass is 10.1. The van der Waals surface area contributed by atoms with Gasteiger partial charge in [-0.05, 0) is 48.9 Å². The largest absolute Gasteiger partial charge is 0.492 e. The van der Waals surface area contributed by atoms with Crippen LogP contribution in [0.5, 0.6) is 5.75 Å². The Bertz CT molecular complexity index is 533. The van der Waals surface area contributed by atoms with Gasteiger partial charge in [-0.15, -0.1) is 11.8 Å². The summed E-state index contributed by atoms with van der Waals surface area (Å²) in [6.07, 6.45) is 0.779. The average Bonchev–Trinajstić information content (AvgIpc) is 2.47. The topological polar surface area (TPSA) is 35.2 Å². The van der Waals surface area contributed by atoms with Gasteiger partial charge >= 0.3 is 0 Å². The Balaban J connectivity index is 1.84. The van der Waals surface area contributed by atoms with Crippen LogP contribution in [0.4, 0.5) is 0 Å². The van der Waals surface area contributed by atoms with Gasteiger partial charge in [0.1, 0.15) is 5.75 Å². The molecule has 2 nitrogen and oxygen atoms in total. The van der Waals surface area contributed by atoms with Gasteiger partial charge in [-0.1, -0.05) is 29.8 Å². The second-order valence-corrected chi connectivity index (χ2v) is 5.91. The zero-order chi connectivity index (χ0) is 14.2. The second-order valence-electron chi connectivity index (χ2n) is 4.30. The normalized spacial score (nSPS) is 10.5. The van der Waals surface area contributed by atoms with Crippen LogP contribution in [0.1, 0.15) is 5.56 Å². The molecule has 0 amide bonds. The van der Waals surface area contributed by atoms with E-state index in [2.05, 4.69) is 12.1 Å². The van der Waals surface area contributed by atoms with Crippen LogP contribution >= 0.6 is 23.4 Å². The zero-order valence-corrected chi connectivity index (χ0v) is 12.8. The van der Waals surface area contributed by atoms with Crippen molar-refractivity contribution in [3.63, 3.8) is 0 Å². The molecule has 0 aliphatic heterocycles. The Morgan fingerprint density at radius 1 is 1.10 bits per heavy atom. The fraction of sp³-hybridized carbons (Fsp3) is 0.250. The summed E-state index contributed by atoms with van der Waals surface area (Å²) in [6.45, 7) is 1.26. The molecular weight excluding hydrogens is 290 g/mol. The van der Waals surface area contributed by atoms with E-state index in [4.69, 9.17) is 22.1 Å². The molecule has 0 saturated carbocycles. The highest BCUT2D eigenvalue weighted by Gasteiger charge is 2.04. The van der Waals surface area contributed by atoms with Crippen LogP contribution in [0.3, 0.4) is 0 Å². The van der Waals surface area contributed by atoms with Crippen LogP contribution in [0, 0.1) is 0 Å². The first-order valence-corrected chi connectivity index (χ1v) is 7.95. The molecule has 2 rings (SSSR count). The van der Waals surface area contributed by atoms with E-state index in [9.17, 15) is 0 Å². The van der Waals surface area contributed by atoms with E-state index in [0.29, 0.717) is 13.2 Å². The van der Waals surface area contributed by atoms with Crippen molar-refractivity contribution < 1.29 is 4.74 Å². The first kappa shape index (κ1) is 15.2. The monoisotopic (exact) mass is 307 g/mol. The van der Waals surface area contributed by atoms with E-state index in [1.54, 1.807) is 11.8 Å². The molecule has 0 fully saturated rings. The minimum Gasteiger partial charge on any atom is -0.492 e. The van der Waals surface area contributed by atoms with Gasteiger partial charge < -0.3 is 10.5 Å². The lowest BCUT2D eigenvalue weighted by Gasteiger charge is -2.11. The number of ether oxygens (including phenoxy) is 1. The molecule has 20 heavy (non-hydrogen) atoms. The molecule has 2 aromatic rings. The number of halogens is 1. The van der Waals surface area contributed by atoms with Gasteiger partial charge in [0.2, 0.25) is 0 Å². The second kappa shape index (κ2) is 8.20. The van der Waals surface area contributed by atoms with Gasteiger partial charge in [0.05, 0.1) is 6.61 Å². The zero-order valence-electron chi connectivity index (χ0n) is 11.2. The van der Waals surface area contributed by atoms with Crippen LogP contribution in [0.2, 0.25) is 5.02 Å². The van der Waals surface area contributed by atoms with Gasteiger partial charge in [0.25, 0.3) is 0 Å². The first-order chi connectivity index (χ1) is 9.79. The van der Waals surface area contributed by atoms with Gasteiger partial charge in [-0.25, -0.2) is 0 Å². The molecule has 0 bridgehead atoms. The van der Waals surface area contributed by atoms with E-state index < -0.39 is 0 Å². The van der Waals surface area contributed by atoms with Crippen molar-refractivity contribution in [3.05, 3.63) is 59.1 Å². The van der Waals surface area contributed by atoms with E-state index in [-0.39, 0.29) is 0 Å². The summed E-state index contributed by atoms with van der Waals surface area (Å²) in [5.41, 5.74) is 6.68. The smallest absolute Gasteiger partial charge is 0.122 e. The number of hydrogen-bond donors (Lipinski definition) is 1. The van der Waals surface area contributed by atoms with E-state index in [1.807, 2.05) is 36.4 Å². The number of nitrogens with two attached hydrogens (primary N) is 1. The Morgan fingerprint density at radius 3 is 2.65 bits per heavy atom. The van der Waals surface area contributed by atoms with E-state index >= 15 is 0 Å².